The fourth-order valence-corrected chi connectivity index (χ4v) is 2.01. The minimum Gasteiger partial charge on any atom is -0.350 e. The number of nitrogens with one attached hydrogen (secondary N) is 1. The fraction of sp³-hybridized carbons (Fsp3) is 0.250. The van der Waals surface area contributed by atoms with Crippen molar-refractivity contribution in [3.05, 3.63) is 25.9 Å². The summed E-state index contributed by atoms with van der Waals surface area (Å²) in [5.74, 6) is 0. The van der Waals surface area contributed by atoms with Crippen LogP contribution in [0.5, 0.6) is 0 Å². The third-order valence-electron chi connectivity index (χ3n) is 1.69. The number of aryl methyl sites for hydroxylation is 1. The summed E-state index contributed by atoms with van der Waals surface area (Å²) in [5.41, 5.74) is 6.89. The highest BCUT2D eigenvalue weighted by Crippen LogP contribution is 2.28. The monoisotopic (exact) mass is 242 g/mol. The summed E-state index contributed by atoms with van der Waals surface area (Å²) in [6.45, 7) is 1.83. The average molecular weight is 242 g/mol. The zero-order valence-electron chi connectivity index (χ0n) is 8.47. The van der Waals surface area contributed by atoms with E-state index in [1.54, 1.807) is 0 Å². The van der Waals surface area contributed by atoms with Gasteiger partial charge in [-0.25, -0.2) is 10.2 Å². The zero-order chi connectivity index (χ0) is 12.1. The molecule has 16 heavy (non-hydrogen) atoms. The molecule has 0 fully saturated rings. The maximum Gasteiger partial charge on any atom is 0.332 e. The molecule has 8 heteroatoms. The molecule has 0 spiro atoms. The van der Waals surface area contributed by atoms with E-state index < -0.39 is 11.0 Å². The van der Waals surface area contributed by atoms with Gasteiger partial charge in [-0.05, 0) is 6.42 Å². The number of carbonyl (C=O) groups is 1. The first-order valence-corrected chi connectivity index (χ1v) is 5.21. The molecule has 0 atom stereocenters. The van der Waals surface area contributed by atoms with E-state index >= 15 is 0 Å². The summed E-state index contributed by atoms with van der Waals surface area (Å²) >= 11 is 1.26. The van der Waals surface area contributed by atoms with Gasteiger partial charge in [0.1, 0.15) is 0 Å². The standard InChI is InChI=1S/C8H10N4O3S/c1-2-7-6(12(14)15)3-5(16-7)4-10-11-8(9)13/h3-4H,2H2,1H3,(H3,9,11,13). The van der Waals surface area contributed by atoms with Gasteiger partial charge in [0.25, 0.3) is 5.69 Å². The molecule has 7 nitrogen and oxygen atoms in total. The molecule has 0 unspecified atom stereocenters. The van der Waals surface area contributed by atoms with Gasteiger partial charge in [0.2, 0.25) is 0 Å². The Morgan fingerprint density at radius 3 is 2.94 bits per heavy atom. The van der Waals surface area contributed by atoms with Crippen molar-refractivity contribution in [3.63, 3.8) is 0 Å². The second-order valence-electron chi connectivity index (χ2n) is 2.80. The van der Waals surface area contributed by atoms with Crippen molar-refractivity contribution < 1.29 is 9.72 Å². The second kappa shape index (κ2) is 5.21. The van der Waals surface area contributed by atoms with E-state index in [0.29, 0.717) is 16.2 Å². The number of hydrazone groups is 1. The highest BCUT2D eigenvalue weighted by molar-refractivity contribution is 7.14. The third kappa shape index (κ3) is 3.02. The van der Waals surface area contributed by atoms with Crippen molar-refractivity contribution in [3.8, 4) is 0 Å². The summed E-state index contributed by atoms with van der Waals surface area (Å²) in [4.78, 5) is 21.8. The smallest absolute Gasteiger partial charge is 0.332 e. The molecule has 0 aromatic carbocycles. The minimum absolute atomic E-state index is 0.0769. The van der Waals surface area contributed by atoms with Gasteiger partial charge in [-0.2, -0.15) is 5.10 Å². The van der Waals surface area contributed by atoms with E-state index in [-0.39, 0.29) is 5.69 Å². The molecule has 0 bridgehead atoms. The van der Waals surface area contributed by atoms with Crippen LogP contribution >= 0.6 is 11.3 Å². The van der Waals surface area contributed by atoms with E-state index in [4.69, 9.17) is 5.73 Å². The predicted molar refractivity (Wildman–Crippen MR) is 60.7 cm³/mol. The van der Waals surface area contributed by atoms with Gasteiger partial charge in [-0.1, -0.05) is 6.92 Å². The number of primary amides is 1. The molecule has 0 aliphatic carbocycles. The highest BCUT2D eigenvalue weighted by atomic mass is 32.1. The maximum atomic E-state index is 10.7. The number of hydrogen-bond donors (Lipinski definition) is 2. The number of nitrogens with two attached hydrogens (primary N) is 1. The summed E-state index contributed by atoms with van der Waals surface area (Å²) in [6.07, 6.45) is 1.90. The van der Waals surface area contributed by atoms with E-state index in [1.807, 2.05) is 12.3 Å². The molecule has 1 rings (SSSR count). The molecule has 3 N–H and O–H groups in total. The van der Waals surface area contributed by atoms with E-state index in [1.165, 1.54) is 23.6 Å². The lowest BCUT2D eigenvalue weighted by Crippen LogP contribution is -2.24. The van der Waals surface area contributed by atoms with Gasteiger partial charge in [0.05, 0.1) is 20.9 Å². The molecular weight excluding hydrogens is 232 g/mol. The Bertz CT molecular complexity index is 440. The first-order valence-electron chi connectivity index (χ1n) is 4.40. The first-order chi connectivity index (χ1) is 7.54. The zero-order valence-corrected chi connectivity index (χ0v) is 9.28. The Morgan fingerprint density at radius 2 is 2.50 bits per heavy atom. The maximum absolute atomic E-state index is 10.7. The molecule has 1 aromatic rings. The molecule has 0 radical (unpaired) electrons. The van der Waals surface area contributed by atoms with Crippen molar-refractivity contribution in [1.29, 1.82) is 0 Å². The Balaban J connectivity index is 2.86. The van der Waals surface area contributed by atoms with Gasteiger partial charge in [0, 0.05) is 6.07 Å². The Labute approximate surface area is 95.1 Å². The molecule has 0 aliphatic rings. The Hall–Kier alpha value is -1.96. The molecule has 1 heterocycles. The fourth-order valence-electron chi connectivity index (χ4n) is 1.07. The normalized spacial score (nSPS) is 10.6. The van der Waals surface area contributed by atoms with Gasteiger partial charge in [-0.3, -0.25) is 10.1 Å². The molecule has 2 amide bonds. The number of carbonyl (C=O) groups excluding carboxylic acids is 1. The highest BCUT2D eigenvalue weighted by Gasteiger charge is 2.16. The quantitative estimate of drug-likeness (QED) is 0.470. The lowest BCUT2D eigenvalue weighted by molar-refractivity contribution is -0.385. The van der Waals surface area contributed by atoms with E-state index in [0.717, 1.165) is 0 Å². The van der Waals surface area contributed by atoms with Crippen molar-refractivity contribution in [2.45, 2.75) is 13.3 Å². The van der Waals surface area contributed by atoms with Crippen molar-refractivity contribution in [1.82, 2.24) is 5.43 Å². The third-order valence-corrected chi connectivity index (χ3v) is 2.89. The number of nitro groups is 1. The number of amides is 2. The van der Waals surface area contributed by atoms with Gasteiger partial charge in [-0.15, -0.1) is 11.3 Å². The van der Waals surface area contributed by atoms with Crippen LogP contribution in [0.15, 0.2) is 11.2 Å². The number of thiophene rings is 1. The summed E-state index contributed by atoms with van der Waals surface area (Å²) in [5, 5.41) is 14.2. The van der Waals surface area contributed by atoms with Crippen LogP contribution in [0, 0.1) is 10.1 Å². The van der Waals surface area contributed by atoms with Crippen LogP contribution in [0.2, 0.25) is 0 Å². The lowest BCUT2D eigenvalue weighted by atomic mass is 10.3. The SMILES string of the molecule is CCc1sc(C=NNC(N)=O)cc1[N+](=O)[O-]. The first kappa shape index (κ1) is 12.1. The van der Waals surface area contributed by atoms with Gasteiger partial charge in [0.15, 0.2) is 0 Å². The predicted octanol–water partition coefficient (Wildman–Crippen LogP) is 1.22. The van der Waals surface area contributed by atoms with Crippen molar-refractivity contribution in [2.75, 3.05) is 0 Å². The molecule has 1 aromatic heterocycles. The van der Waals surface area contributed by atoms with Gasteiger partial charge >= 0.3 is 6.03 Å². The number of nitrogens with zero attached hydrogens (tertiary/aromatic N) is 2. The molecule has 0 saturated carbocycles. The second-order valence-corrected chi connectivity index (χ2v) is 3.97. The number of rotatable bonds is 4. The topological polar surface area (TPSA) is 111 Å². The van der Waals surface area contributed by atoms with Crippen LogP contribution in [0.3, 0.4) is 0 Å². The summed E-state index contributed by atoms with van der Waals surface area (Å²) in [7, 11) is 0. The number of hydrogen-bond acceptors (Lipinski definition) is 5. The lowest BCUT2D eigenvalue weighted by Gasteiger charge is -1.88. The Morgan fingerprint density at radius 1 is 1.81 bits per heavy atom. The number of urea groups is 1. The Kier molecular flexibility index (Phi) is 3.95. The van der Waals surface area contributed by atoms with Gasteiger partial charge < -0.3 is 5.73 Å². The molecule has 0 saturated heterocycles. The van der Waals surface area contributed by atoms with Crippen LogP contribution in [-0.4, -0.2) is 17.2 Å². The molecule has 86 valence electrons. The molecular formula is C8H10N4O3S. The van der Waals surface area contributed by atoms with Crippen LogP contribution in [0.25, 0.3) is 0 Å². The summed E-state index contributed by atoms with van der Waals surface area (Å²) in [6, 6.07) is 0.633. The average Bonchev–Trinajstić information content (AvgIpc) is 2.60. The van der Waals surface area contributed by atoms with Crippen molar-refractivity contribution >= 4 is 29.3 Å². The van der Waals surface area contributed by atoms with E-state index in [2.05, 4.69) is 5.10 Å². The van der Waals surface area contributed by atoms with Crippen LogP contribution in [0.1, 0.15) is 16.7 Å². The van der Waals surface area contributed by atoms with Crippen LogP contribution in [0.4, 0.5) is 10.5 Å². The largest absolute Gasteiger partial charge is 0.350 e. The molecule has 0 aliphatic heterocycles. The van der Waals surface area contributed by atoms with Crippen LogP contribution < -0.4 is 11.2 Å². The van der Waals surface area contributed by atoms with E-state index in [9.17, 15) is 14.9 Å². The van der Waals surface area contributed by atoms with Crippen molar-refractivity contribution in [2.24, 2.45) is 10.8 Å². The minimum atomic E-state index is -0.780. The van der Waals surface area contributed by atoms with Crippen LogP contribution in [-0.2, 0) is 6.42 Å². The summed E-state index contributed by atoms with van der Waals surface area (Å²) < 4.78 is 0.